The third-order valence-electron chi connectivity index (χ3n) is 4.85. The zero-order chi connectivity index (χ0) is 21.2. The molecule has 1 aliphatic rings. The standard InChI is InChI=1S/C20H18ClF4NO3/c21-16-8-15(19(27)28)17(22)9-18(16)29-11-14-2-1-7-26(14)10-12-3-5-13(6-4-12)20(23,24)25/h3-6,8-9,14H,1-2,7,10-11H2,(H,27,28)/t14-/m1/s1. The minimum absolute atomic E-state index is 0.00362. The van der Waals surface area contributed by atoms with Crippen molar-refractivity contribution in [2.75, 3.05) is 13.2 Å². The molecule has 0 saturated carbocycles. The molecule has 0 unspecified atom stereocenters. The Morgan fingerprint density at radius 2 is 1.93 bits per heavy atom. The molecule has 1 atom stereocenters. The molecule has 4 nitrogen and oxygen atoms in total. The van der Waals surface area contributed by atoms with Gasteiger partial charge in [0.2, 0.25) is 0 Å². The maximum absolute atomic E-state index is 13.9. The second-order valence-electron chi connectivity index (χ2n) is 6.84. The molecule has 1 saturated heterocycles. The third-order valence-corrected chi connectivity index (χ3v) is 5.14. The molecule has 1 fully saturated rings. The van der Waals surface area contributed by atoms with E-state index in [4.69, 9.17) is 21.4 Å². The van der Waals surface area contributed by atoms with E-state index >= 15 is 0 Å². The van der Waals surface area contributed by atoms with Gasteiger partial charge in [-0.25, -0.2) is 9.18 Å². The Hall–Kier alpha value is -2.32. The lowest BCUT2D eigenvalue weighted by Crippen LogP contribution is -2.33. The third kappa shape index (κ3) is 5.19. The van der Waals surface area contributed by atoms with E-state index in [9.17, 15) is 22.4 Å². The predicted octanol–water partition coefficient (Wildman–Crippen LogP) is 5.24. The highest BCUT2D eigenvalue weighted by molar-refractivity contribution is 6.32. The van der Waals surface area contributed by atoms with Crippen LogP contribution in [-0.2, 0) is 12.7 Å². The number of nitrogens with zero attached hydrogens (tertiary/aromatic N) is 1. The molecule has 156 valence electrons. The van der Waals surface area contributed by atoms with Crippen LogP contribution in [0.25, 0.3) is 0 Å². The van der Waals surface area contributed by atoms with E-state index < -0.39 is 29.1 Å². The minimum Gasteiger partial charge on any atom is -0.490 e. The van der Waals surface area contributed by atoms with Gasteiger partial charge in [-0.2, -0.15) is 13.2 Å². The molecule has 0 bridgehead atoms. The summed E-state index contributed by atoms with van der Waals surface area (Å²) in [6, 6.07) is 6.96. The van der Waals surface area contributed by atoms with Crippen molar-refractivity contribution in [1.82, 2.24) is 4.90 Å². The van der Waals surface area contributed by atoms with Gasteiger partial charge in [0.05, 0.1) is 16.1 Å². The molecule has 2 aromatic rings. The monoisotopic (exact) mass is 431 g/mol. The first kappa shape index (κ1) is 21.4. The maximum atomic E-state index is 13.9. The molecule has 0 amide bonds. The Bertz CT molecular complexity index is 887. The maximum Gasteiger partial charge on any atom is 0.416 e. The Morgan fingerprint density at radius 3 is 2.55 bits per heavy atom. The van der Waals surface area contributed by atoms with Crippen molar-refractivity contribution in [2.45, 2.75) is 31.6 Å². The Kier molecular flexibility index (Phi) is 6.33. The summed E-state index contributed by atoms with van der Waals surface area (Å²) in [7, 11) is 0. The average Bonchev–Trinajstić information content (AvgIpc) is 3.08. The summed E-state index contributed by atoms with van der Waals surface area (Å²) in [4.78, 5) is 13.0. The number of ether oxygens (including phenoxy) is 1. The molecule has 2 aromatic carbocycles. The molecule has 3 rings (SSSR count). The topological polar surface area (TPSA) is 49.8 Å². The van der Waals surface area contributed by atoms with Crippen molar-refractivity contribution < 1.29 is 32.2 Å². The van der Waals surface area contributed by atoms with Crippen molar-refractivity contribution in [3.05, 3.63) is 63.9 Å². The molecule has 1 heterocycles. The van der Waals surface area contributed by atoms with Crippen LogP contribution in [-0.4, -0.2) is 35.2 Å². The fraction of sp³-hybridized carbons (Fsp3) is 0.350. The quantitative estimate of drug-likeness (QED) is 0.635. The summed E-state index contributed by atoms with van der Waals surface area (Å²) < 4.78 is 57.5. The molecule has 0 aliphatic carbocycles. The van der Waals surface area contributed by atoms with Crippen LogP contribution in [0.4, 0.5) is 17.6 Å². The van der Waals surface area contributed by atoms with Crippen LogP contribution in [0, 0.1) is 5.82 Å². The van der Waals surface area contributed by atoms with Gasteiger partial charge in [0.15, 0.2) is 0 Å². The van der Waals surface area contributed by atoms with Gasteiger partial charge in [-0.15, -0.1) is 0 Å². The van der Waals surface area contributed by atoms with Crippen molar-refractivity contribution in [2.24, 2.45) is 0 Å². The first-order valence-electron chi connectivity index (χ1n) is 8.90. The smallest absolute Gasteiger partial charge is 0.416 e. The minimum atomic E-state index is -4.37. The van der Waals surface area contributed by atoms with Gasteiger partial charge in [-0.3, -0.25) is 4.90 Å². The van der Waals surface area contributed by atoms with Crippen LogP contribution in [0.2, 0.25) is 5.02 Å². The predicted molar refractivity (Wildman–Crippen MR) is 98.7 cm³/mol. The summed E-state index contributed by atoms with van der Waals surface area (Å²) in [5.41, 5.74) is -0.476. The van der Waals surface area contributed by atoms with E-state index in [0.29, 0.717) is 6.54 Å². The molecule has 1 N–H and O–H groups in total. The van der Waals surface area contributed by atoms with Crippen LogP contribution in [0.15, 0.2) is 36.4 Å². The second kappa shape index (κ2) is 8.59. The van der Waals surface area contributed by atoms with Crippen LogP contribution < -0.4 is 4.74 Å². The Labute approximate surface area is 169 Å². The average molecular weight is 432 g/mol. The van der Waals surface area contributed by atoms with E-state index in [-0.39, 0.29) is 23.4 Å². The molecule has 9 heteroatoms. The molecule has 29 heavy (non-hydrogen) atoms. The number of rotatable bonds is 6. The van der Waals surface area contributed by atoms with E-state index in [1.54, 1.807) is 0 Å². The van der Waals surface area contributed by atoms with E-state index in [1.165, 1.54) is 12.1 Å². The lowest BCUT2D eigenvalue weighted by Gasteiger charge is -2.25. The van der Waals surface area contributed by atoms with Crippen molar-refractivity contribution in [1.29, 1.82) is 0 Å². The molecular weight excluding hydrogens is 414 g/mol. The number of carboxylic acids is 1. The lowest BCUT2D eigenvalue weighted by atomic mass is 10.1. The summed E-state index contributed by atoms with van der Waals surface area (Å²) >= 11 is 5.99. The van der Waals surface area contributed by atoms with Gasteiger partial charge < -0.3 is 9.84 Å². The first-order valence-corrected chi connectivity index (χ1v) is 9.28. The fourth-order valence-electron chi connectivity index (χ4n) is 3.31. The lowest BCUT2D eigenvalue weighted by molar-refractivity contribution is -0.137. The Morgan fingerprint density at radius 1 is 1.24 bits per heavy atom. The van der Waals surface area contributed by atoms with Crippen molar-refractivity contribution >= 4 is 17.6 Å². The normalized spacial score (nSPS) is 17.5. The van der Waals surface area contributed by atoms with E-state index in [1.807, 2.05) is 0 Å². The zero-order valence-electron chi connectivity index (χ0n) is 15.2. The molecule has 0 spiro atoms. The van der Waals surface area contributed by atoms with Gasteiger partial charge in [0.25, 0.3) is 0 Å². The van der Waals surface area contributed by atoms with Crippen LogP contribution >= 0.6 is 11.6 Å². The number of carboxylic acid groups (broad SMARTS) is 1. The molecule has 0 aromatic heterocycles. The van der Waals surface area contributed by atoms with Crippen LogP contribution in [0.3, 0.4) is 0 Å². The van der Waals surface area contributed by atoms with Gasteiger partial charge in [0.1, 0.15) is 18.2 Å². The Balaban J connectivity index is 1.63. The van der Waals surface area contributed by atoms with Crippen molar-refractivity contribution in [3.8, 4) is 5.75 Å². The number of alkyl halides is 3. The second-order valence-corrected chi connectivity index (χ2v) is 7.25. The van der Waals surface area contributed by atoms with Gasteiger partial charge in [-0.05, 0) is 43.1 Å². The number of halogens is 5. The SMILES string of the molecule is O=C(O)c1cc(Cl)c(OC[C@H]2CCCN2Cc2ccc(C(F)(F)F)cc2)cc1F. The summed E-state index contributed by atoms with van der Waals surface area (Å²) in [6.45, 7) is 1.42. The summed E-state index contributed by atoms with van der Waals surface area (Å²) in [5, 5.41) is 8.91. The van der Waals surface area contributed by atoms with Gasteiger partial charge in [-0.1, -0.05) is 23.7 Å². The van der Waals surface area contributed by atoms with Crippen LogP contribution in [0.1, 0.15) is 34.3 Å². The molecular formula is C20H18ClF4NO3. The van der Waals surface area contributed by atoms with Gasteiger partial charge in [0, 0.05) is 18.7 Å². The molecule has 0 radical (unpaired) electrons. The summed E-state index contributed by atoms with van der Waals surface area (Å²) in [6.07, 6.45) is -2.66. The van der Waals surface area contributed by atoms with E-state index in [2.05, 4.69) is 4.90 Å². The molecule has 1 aliphatic heterocycles. The first-order chi connectivity index (χ1) is 13.6. The highest BCUT2D eigenvalue weighted by Crippen LogP contribution is 2.31. The number of likely N-dealkylation sites (tertiary alicyclic amines) is 1. The van der Waals surface area contributed by atoms with E-state index in [0.717, 1.165) is 49.2 Å². The highest BCUT2D eigenvalue weighted by Gasteiger charge is 2.30. The van der Waals surface area contributed by atoms with Crippen molar-refractivity contribution in [3.63, 3.8) is 0 Å². The van der Waals surface area contributed by atoms with Crippen LogP contribution in [0.5, 0.6) is 5.75 Å². The fourth-order valence-corrected chi connectivity index (χ4v) is 3.53. The number of carbonyl (C=O) groups is 1. The zero-order valence-corrected chi connectivity index (χ0v) is 15.9. The summed E-state index contributed by atoms with van der Waals surface area (Å²) in [5.74, 6) is -2.31. The highest BCUT2D eigenvalue weighted by atomic mass is 35.5. The number of hydrogen-bond donors (Lipinski definition) is 1. The number of hydrogen-bond acceptors (Lipinski definition) is 3. The number of aromatic carboxylic acids is 1. The largest absolute Gasteiger partial charge is 0.490 e. The number of benzene rings is 2. The van der Waals surface area contributed by atoms with Gasteiger partial charge >= 0.3 is 12.1 Å².